The number of halogens is 1. The Hall–Kier alpha value is -2.54. The Balaban J connectivity index is 1.79. The summed E-state index contributed by atoms with van der Waals surface area (Å²) in [6, 6.07) is 11.0. The van der Waals surface area contributed by atoms with E-state index in [1.165, 1.54) is 24.3 Å². The lowest BCUT2D eigenvalue weighted by molar-refractivity contribution is -0.123. The molecule has 0 aromatic heterocycles. The van der Waals surface area contributed by atoms with Gasteiger partial charge in [-0.15, -0.1) is 0 Å². The average molecular weight is 379 g/mol. The zero-order chi connectivity index (χ0) is 16.8. The van der Waals surface area contributed by atoms with E-state index >= 15 is 0 Å². The van der Waals surface area contributed by atoms with Crippen LogP contribution in [0.15, 0.2) is 46.9 Å². The van der Waals surface area contributed by atoms with E-state index in [9.17, 15) is 9.59 Å². The summed E-state index contributed by atoms with van der Waals surface area (Å²) < 4.78 is 6.29. The Labute approximate surface area is 141 Å². The Morgan fingerprint density at radius 2 is 1.83 bits per heavy atom. The smallest absolute Gasteiger partial charge is 0.276 e. The number of hydrazine groups is 1. The zero-order valence-corrected chi connectivity index (χ0v) is 13.9. The quantitative estimate of drug-likeness (QED) is 0.712. The summed E-state index contributed by atoms with van der Waals surface area (Å²) in [5, 5.41) is 9.15. The zero-order valence-electron chi connectivity index (χ0n) is 12.3. The van der Waals surface area contributed by atoms with E-state index in [1.807, 2.05) is 13.0 Å². The molecule has 0 aliphatic carbocycles. The standard InChI is InChI=1S/C16H15BrN2O4/c1-10-8-13(6-7-14(10)17)23-9-15(21)18-19-16(22)11-2-4-12(20)5-3-11/h2-8,20H,9H2,1H3,(H,18,21)(H,19,22). The van der Waals surface area contributed by atoms with E-state index in [-0.39, 0.29) is 12.4 Å². The number of phenols is 1. The summed E-state index contributed by atoms with van der Waals surface area (Å²) in [6.45, 7) is 1.69. The van der Waals surface area contributed by atoms with Gasteiger partial charge in [-0.1, -0.05) is 15.9 Å². The monoisotopic (exact) mass is 378 g/mol. The molecule has 0 unspecified atom stereocenters. The summed E-state index contributed by atoms with van der Waals surface area (Å²) in [5.41, 5.74) is 5.83. The first kappa shape index (κ1) is 16.8. The highest BCUT2D eigenvalue weighted by molar-refractivity contribution is 9.10. The van der Waals surface area contributed by atoms with Crippen LogP contribution in [0, 0.1) is 6.92 Å². The number of rotatable bonds is 4. The Bertz CT molecular complexity index is 717. The fraction of sp³-hybridized carbons (Fsp3) is 0.125. The molecule has 2 rings (SSSR count). The number of ether oxygens (including phenoxy) is 1. The number of carbonyl (C=O) groups excluding carboxylic acids is 2. The minimum Gasteiger partial charge on any atom is -0.508 e. The summed E-state index contributed by atoms with van der Waals surface area (Å²) in [4.78, 5) is 23.4. The maximum absolute atomic E-state index is 11.8. The van der Waals surface area contributed by atoms with Crippen molar-refractivity contribution < 1.29 is 19.4 Å². The molecule has 0 atom stereocenters. The fourth-order valence-electron chi connectivity index (χ4n) is 1.70. The topological polar surface area (TPSA) is 87.7 Å². The molecule has 0 fully saturated rings. The van der Waals surface area contributed by atoms with Crippen molar-refractivity contribution in [2.24, 2.45) is 0 Å². The van der Waals surface area contributed by atoms with Gasteiger partial charge in [0.05, 0.1) is 0 Å². The van der Waals surface area contributed by atoms with E-state index in [4.69, 9.17) is 9.84 Å². The highest BCUT2D eigenvalue weighted by Gasteiger charge is 2.08. The van der Waals surface area contributed by atoms with E-state index < -0.39 is 11.8 Å². The number of nitrogens with one attached hydrogen (secondary N) is 2. The van der Waals surface area contributed by atoms with Crippen molar-refractivity contribution in [2.45, 2.75) is 6.92 Å². The molecule has 2 aromatic carbocycles. The number of hydrogen-bond acceptors (Lipinski definition) is 4. The molecule has 2 aromatic rings. The molecule has 3 N–H and O–H groups in total. The van der Waals surface area contributed by atoms with Crippen molar-refractivity contribution in [3.63, 3.8) is 0 Å². The molecule has 7 heteroatoms. The van der Waals surface area contributed by atoms with Crippen LogP contribution in [0.4, 0.5) is 0 Å². The normalized spacial score (nSPS) is 10.0. The lowest BCUT2D eigenvalue weighted by Gasteiger charge is -2.09. The minimum atomic E-state index is -0.488. The first-order valence-corrected chi connectivity index (χ1v) is 7.52. The Morgan fingerprint density at radius 1 is 1.13 bits per heavy atom. The van der Waals surface area contributed by atoms with Crippen molar-refractivity contribution in [3.8, 4) is 11.5 Å². The molecule has 0 heterocycles. The molecular weight excluding hydrogens is 364 g/mol. The van der Waals surface area contributed by atoms with Gasteiger partial charge in [0, 0.05) is 10.0 Å². The molecule has 0 bridgehead atoms. The largest absolute Gasteiger partial charge is 0.508 e. The van der Waals surface area contributed by atoms with Gasteiger partial charge in [-0.3, -0.25) is 20.4 Å². The van der Waals surface area contributed by atoms with Crippen LogP contribution >= 0.6 is 15.9 Å². The number of amides is 2. The van der Waals surface area contributed by atoms with Crippen LogP contribution < -0.4 is 15.6 Å². The molecule has 2 amide bonds. The van der Waals surface area contributed by atoms with Gasteiger partial charge in [-0.25, -0.2) is 0 Å². The van der Waals surface area contributed by atoms with Crippen molar-refractivity contribution >= 4 is 27.7 Å². The highest BCUT2D eigenvalue weighted by Crippen LogP contribution is 2.21. The average Bonchev–Trinajstić information content (AvgIpc) is 2.54. The maximum atomic E-state index is 11.8. The number of phenolic OH excluding ortho intramolecular Hbond substituents is 1. The van der Waals surface area contributed by atoms with Crippen LogP contribution in [-0.4, -0.2) is 23.5 Å². The summed E-state index contributed by atoms with van der Waals surface area (Å²) in [5.74, 6) is -0.356. The van der Waals surface area contributed by atoms with E-state index in [0.29, 0.717) is 11.3 Å². The van der Waals surface area contributed by atoms with Crippen molar-refractivity contribution in [3.05, 3.63) is 58.1 Å². The third-order valence-electron chi connectivity index (χ3n) is 2.94. The number of hydrogen-bond donors (Lipinski definition) is 3. The molecule has 0 saturated carbocycles. The molecule has 6 nitrogen and oxygen atoms in total. The number of benzene rings is 2. The predicted octanol–water partition coefficient (Wildman–Crippen LogP) is 2.30. The van der Waals surface area contributed by atoms with Crippen molar-refractivity contribution in [2.75, 3.05) is 6.61 Å². The summed E-state index contributed by atoms with van der Waals surface area (Å²) in [7, 11) is 0. The van der Waals surface area contributed by atoms with Crippen LogP contribution in [-0.2, 0) is 4.79 Å². The third-order valence-corrected chi connectivity index (χ3v) is 3.83. The van der Waals surface area contributed by atoms with Gasteiger partial charge in [0.15, 0.2) is 6.61 Å². The lowest BCUT2D eigenvalue weighted by atomic mass is 10.2. The van der Waals surface area contributed by atoms with Gasteiger partial charge in [-0.05, 0) is 55.0 Å². The Morgan fingerprint density at radius 3 is 2.48 bits per heavy atom. The van der Waals surface area contributed by atoms with Crippen LogP contribution in [0.5, 0.6) is 11.5 Å². The van der Waals surface area contributed by atoms with Gasteiger partial charge < -0.3 is 9.84 Å². The summed E-state index contributed by atoms with van der Waals surface area (Å²) in [6.07, 6.45) is 0. The lowest BCUT2D eigenvalue weighted by Crippen LogP contribution is -2.43. The molecule has 0 radical (unpaired) electrons. The van der Waals surface area contributed by atoms with E-state index in [1.54, 1.807) is 12.1 Å². The minimum absolute atomic E-state index is 0.0591. The predicted molar refractivity (Wildman–Crippen MR) is 88.1 cm³/mol. The maximum Gasteiger partial charge on any atom is 0.276 e. The van der Waals surface area contributed by atoms with Gasteiger partial charge in [-0.2, -0.15) is 0 Å². The van der Waals surface area contributed by atoms with Crippen LogP contribution in [0.3, 0.4) is 0 Å². The first-order valence-electron chi connectivity index (χ1n) is 6.73. The van der Waals surface area contributed by atoms with Gasteiger partial charge in [0.25, 0.3) is 11.8 Å². The highest BCUT2D eigenvalue weighted by atomic mass is 79.9. The van der Waals surface area contributed by atoms with Gasteiger partial charge in [0.2, 0.25) is 0 Å². The fourth-order valence-corrected chi connectivity index (χ4v) is 1.95. The molecule has 0 aliphatic rings. The van der Waals surface area contributed by atoms with Crippen LogP contribution in [0.2, 0.25) is 0 Å². The van der Waals surface area contributed by atoms with Crippen molar-refractivity contribution in [1.29, 1.82) is 0 Å². The molecule has 0 aliphatic heterocycles. The third kappa shape index (κ3) is 5.00. The second-order valence-corrected chi connectivity index (χ2v) is 5.60. The van der Waals surface area contributed by atoms with E-state index in [2.05, 4.69) is 26.8 Å². The van der Waals surface area contributed by atoms with Crippen LogP contribution in [0.25, 0.3) is 0 Å². The number of aryl methyl sites for hydroxylation is 1. The number of carbonyl (C=O) groups is 2. The van der Waals surface area contributed by atoms with E-state index in [0.717, 1.165) is 10.0 Å². The SMILES string of the molecule is Cc1cc(OCC(=O)NNC(=O)c2ccc(O)cc2)ccc1Br. The van der Waals surface area contributed by atoms with Crippen molar-refractivity contribution in [1.82, 2.24) is 10.9 Å². The summed E-state index contributed by atoms with van der Waals surface area (Å²) >= 11 is 3.38. The second kappa shape index (κ2) is 7.64. The molecule has 120 valence electrons. The van der Waals surface area contributed by atoms with Gasteiger partial charge >= 0.3 is 0 Å². The molecule has 0 saturated heterocycles. The molecule has 23 heavy (non-hydrogen) atoms. The molecular formula is C16H15BrN2O4. The first-order chi connectivity index (χ1) is 11.0. The Kier molecular flexibility index (Phi) is 5.59. The van der Waals surface area contributed by atoms with Crippen LogP contribution in [0.1, 0.15) is 15.9 Å². The van der Waals surface area contributed by atoms with Gasteiger partial charge in [0.1, 0.15) is 11.5 Å². The number of aromatic hydroxyl groups is 1. The second-order valence-electron chi connectivity index (χ2n) is 4.75. The molecule has 0 spiro atoms.